The molecule has 1 aliphatic rings. The van der Waals surface area contributed by atoms with Crippen LogP contribution in [0.3, 0.4) is 0 Å². The summed E-state index contributed by atoms with van der Waals surface area (Å²) < 4.78 is 0. The van der Waals surface area contributed by atoms with E-state index < -0.39 is 0 Å². The molecule has 0 aromatic heterocycles. The number of hydrogen-bond acceptors (Lipinski definition) is 2. The van der Waals surface area contributed by atoms with Gasteiger partial charge in [-0.3, -0.25) is 0 Å². The van der Waals surface area contributed by atoms with Gasteiger partial charge >= 0.3 is 0 Å². The molecule has 3 aromatic carbocycles. The van der Waals surface area contributed by atoms with Crippen molar-refractivity contribution in [3.63, 3.8) is 0 Å². The van der Waals surface area contributed by atoms with Crippen molar-refractivity contribution in [2.45, 2.75) is 12.5 Å². The maximum Gasteiger partial charge on any atom is 0.121 e. The lowest BCUT2D eigenvalue weighted by atomic mass is 9.96. The summed E-state index contributed by atoms with van der Waals surface area (Å²) in [5.41, 5.74) is 6.00. The van der Waals surface area contributed by atoms with E-state index in [0.29, 0.717) is 6.54 Å². The number of benzene rings is 3. The van der Waals surface area contributed by atoms with Crippen molar-refractivity contribution in [2.24, 2.45) is 0 Å². The zero-order valence-electron chi connectivity index (χ0n) is 14.5. The first kappa shape index (κ1) is 16.2. The molecule has 126 valence electrons. The third-order valence-corrected chi connectivity index (χ3v) is 4.87. The molecule has 0 saturated heterocycles. The van der Waals surface area contributed by atoms with Crippen LogP contribution in [0.15, 0.2) is 84.9 Å². The molecule has 1 atom stereocenters. The van der Waals surface area contributed by atoms with Crippen LogP contribution in [0.25, 0.3) is 11.6 Å². The normalized spacial score (nSPS) is 18.0. The summed E-state index contributed by atoms with van der Waals surface area (Å²) in [6.45, 7) is 0.716. The molecule has 0 saturated carbocycles. The monoisotopic (exact) mass is 336 g/mol. The fraction of sp³-hybridized carbons (Fsp3) is 0.125. The third kappa shape index (κ3) is 3.25. The van der Waals surface area contributed by atoms with Crippen molar-refractivity contribution in [3.8, 4) is 6.07 Å². The van der Waals surface area contributed by atoms with E-state index in [4.69, 9.17) is 0 Å². The van der Waals surface area contributed by atoms with Gasteiger partial charge in [-0.2, -0.15) is 5.26 Å². The highest BCUT2D eigenvalue weighted by molar-refractivity contribution is 5.86. The minimum absolute atomic E-state index is 0.180. The average molecular weight is 336 g/mol. The molecule has 2 nitrogen and oxygen atoms in total. The van der Waals surface area contributed by atoms with Crippen molar-refractivity contribution >= 4 is 17.3 Å². The van der Waals surface area contributed by atoms with Gasteiger partial charge in [0.25, 0.3) is 0 Å². The molecule has 26 heavy (non-hydrogen) atoms. The summed E-state index contributed by atoms with van der Waals surface area (Å²) in [5.74, 6) is 0. The van der Waals surface area contributed by atoms with Gasteiger partial charge in [0.1, 0.15) is 6.04 Å². The second-order valence-corrected chi connectivity index (χ2v) is 6.55. The first-order valence-electron chi connectivity index (χ1n) is 8.90. The van der Waals surface area contributed by atoms with Crippen molar-refractivity contribution in [1.82, 2.24) is 0 Å². The van der Waals surface area contributed by atoms with Crippen molar-refractivity contribution < 1.29 is 0 Å². The van der Waals surface area contributed by atoms with Gasteiger partial charge in [-0.1, -0.05) is 72.8 Å². The molecule has 0 spiro atoms. The molecule has 1 unspecified atom stereocenters. The summed E-state index contributed by atoms with van der Waals surface area (Å²) in [6.07, 6.45) is 2.97. The van der Waals surface area contributed by atoms with Crippen LogP contribution in [0, 0.1) is 11.3 Å². The van der Waals surface area contributed by atoms with Crippen molar-refractivity contribution in [2.75, 3.05) is 11.4 Å². The Balaban J connectivity index is 1.84. The lowest BCUT2D eigenvalue weighted by molar-refractivity contribution is 0.742. The highest BCUT2D eigenvalue weighted by atomic mass is 15.2. The molecule has 0 fully saturated rings. The van der Waals surface area contributed by atoms with Crippen molar-refractivity contribution in [3.05, 3.63) is 102 Å². The average Bonchev–Trinajstić information content (AvgIpc) is 2.86. The highest BCUT2D eigenvalue weighted by Gasteiger charge is 2.26. The molecular formula is C24H20N2. The van der Waals surface area contributed by atoms with E-state index in [0.717, 1.165) is 12.1 Å². The number of hydrogen-bond donors (Lipinski definition) is 0. The van der Waals surface area contributed by atoms with Crippen LogP contribution in [0.4, 0.5) is 5.69 Å². The van der Waals surface area contributed by atoms with Gasteiger partial charge < -0.3 is 4.90 Å². The quantitative estimate of drug-likeness (QED) is 0.644. The van der Waals surface area contributed by atoms with Crippen LogP contribution in [0.5, 0.6) is 0 Å². The van der Waals surface area contributed by atoms with E-state index in [9.17, 15) is 5.26 Å². The molecule has 3 aromatic rings. The SMILES string of the molecule is N#CC1Cc2ccccc2/C(=C\c2ccccc2)CN1c1ccccc1. The van der Waals surface area contributed by atoms with E-state index in [1.54, 1.807) is 0 Å². The maximum absolute atomic E-state index is 9.84. The summed E-state index contributed by atoms with van der Waals surface area (Å²) in [7, 11) is 0. The Hall–Kier alpha value is -3.31. The number of nitrogens with zero attached hydrogens (tertiary/aromatic N) is 2. The van der Waals surface area contributed by atoms with Crippen LogP contribution in [-0.4, -0.2) is 12.6 Å². The minimum Gasteiger partial charge on any atom is -0.351 e. The van der Waals surface area contributed by atoms with Gasteiger partial charge in [0.2, 0.25) is 0 Å². The molecule has 0 bridgehead atoms. The zero-order valence-corrected chi connectivity index (χ0v) is 14.5. The Labute approximate surface area is 154 Å². The van der Waals surface area contributed by atoms with Gasteiger partial charge in [-0.05, 0) is 40.5 Å². The Morgan fingerprint density at radius 2 is 1.50 bits per heavy atom. The van der Waals surface area contributed by atoms with Crippen LogP contribution < -0.4 is 4.90 Å². The third-order valence-electron chi connectivity index (χ3n) is 4.87. The van der Waals surface area contributed by atoms with Crippen LogP contribution in [-0.2, 0) is 6.42 Å². The Morgan fingerprint density at radius 1 is 0.846 bits per heavy atom. The van der Waals surface area contributed by atoms with E-state index in [-0.39, 0.29) is 6.04 Å². The van der Waals surface area contributed by atoms with Gasteiger partial charge in [-0.25, -0.2) is 0 Å². The van der Waals surface area contributed by atoms with Gasteiger partial charge in [0.05, 0.1) is 6.07 Å². The second kappa shape index (κ2) is 7.29. The van der Waals surface area contributed by atoms with E-state index in [1.807, 2.05) is 24.3 Å². The Bertz CT molecular complexity index is 952. The Kier molecular flexibility index (Phi) is 4.53. The molecule has 2 heteroatoms. The molecule has 0 radical (unpaired) electrons. The van der Waals surface area contributed by atoms with E-state index in [2.05, 4.69) is 77.7 Å². The smallest absolute Gasteiger partial charge is 0.121 e. The fourth-order valence-electron chi connectivity index (χ4n) is 3.59. The predicted molar refractivity (Wildman–Crippen MR) is 108 cm³/mol. The maximum atomic E-state index is 9.84. The standard InChI is InChI=1S/C24H20N2/c25-17-23-16-20-11-7-8-14-24(20)21(15-19-9-3-1-4-10-19)18-26(23)22-12-5-2-6-13-22/h1-15,23H,16,18H2/b21-15-. The number of nitriles is 1. The fourth-order valence-corrected chi connectivity index (χ4v) is 3.59. The van der Waals surface area contributed by atoms with E-state index >= 15 is 0 Å². The second-order valence-electron chi connectivity index (χ2n) is 6.55. The number of fused-ring (bicyclic) bond motifs is 1. The van der Waals surface area contributed by atoms with Crippen molar-refractivity contribution in [1.29, 1.82) is 5.26 Å². The summed E-state index contributed by atoms with van der Waals surface area (Å²) in [6, 6.07) is 31.4. The number of para-hydroxylation sites is 1. The first-order valence-corrected chi connectivity index (χ1v) is 8.90. The minimum atomic E-state index is -0.180. The molecule has 1 heterocycles. The van der Waals surface area contributed by atoms with Crippen LogP contribution in [0.2, 0.25) is 0 Å². The lowest BCUT2D eigenvalue weighted by Gasteiger charge is -2.28. The Morgan fingerprint density at radius 3 is 2.23 bits per heavy atom. The molecule has 0 aliphatic carbocycles. The lowest BCUT2D eigenvalue weighted by Crippen LogP contribution is -2.35. The predicted octanol–water partition coefficient (Wildman–Crippen LogP) is 5.18. The molecule has 1 aliphatic heterocycles. The van der Waals surface area contributed by atoms with Gasteiger partial charge in [0.15, 0.2) is 0 Å². The first-order chi connectivity index (χ1) is 12.8. The molecular weight excluding hydrogens is 316 g/mol. The number of rotatable bonds is 2. The molecule has 0 N–H and O–H groups in total. The van der Waals surface area contributed by atoms with Gasteiger partial charge in [0, 0.05) is 18.7 Å². The summed E-state index contributed by atoms with van der Waals surface area (Å²) in [4.78, 5) is 2.22. The van der Waals surface area contributed by atoms with Crippen LogP contribution >= 0.6 is 0 Å². The number of anilines is 1. The summed E-state index contributed by atoms with van der Waals surface area (Å²) in [5, 5.41) is 9.84. The van der Waals surface area contributed by atoms with Crippen LogP contribution in [0.1, 0.15) is 16.7 Å². The topological polar surface area (TPSA) is 27.0 Å². The molecule has 4 rings (SSSR count). The zero-order chi connectivity index (χ0) is 17.8. The largest absolute Gasteiger partial charge is 0.351 e. The molecule has 0 amide bonds. The highest BCUT2D eigenvalue weighted by Crippen LogP contribution is 2.31. The van der Waals surface area contributed by atoms with E-state index in [1.165, 1.54) is 22.3 Å². The summed E-state index contributed by atoms with van der Waals surface area (Å²) >= 11 is 0. The van der Waals surface area contributed by atoms with Gasteiger partial charge in [-0.15, -0.1) is 0 Å².